The van der Waals surface area contributed by atoms with Gasteiger partial charge in [-0.2, -0.15) is 23.3 Å². The van der Waals surface area contributed by atoms with Crippen LogP contribution in [-0.2, 0) is 5.72 Å². The average Bonchev–Trinajstić information content (AvgIpc) is 3.01. The van der Waals surface area contributed by atoms with Crippen molar-refractivity contribution in [1.82, 2.24) is 9.99 Å². The summed E-state index contributed by atoms with van der Waals surface area (Å²) in [4.78, 5) is 16.6. The molecule has 0 bridgehead atoms. The van der Waals surface area contributed by atoms with Crippen molar-refractivity contribution in [2.45, 2.75) is 18.3 Å². The topological polar surface area (TPSA) is 75.0 Å². The normalized spacial score (nSPS) is 20.0. The first kappa shape index (κ1) is 17.9. The van der Waals surface area contributed by atoms with E-state index in [4.69, 9.17) is 4.74 Å². The number of nitrogens with zero attached hydrogens (tertiary/aromatic N) is 3. The summed E-state index contributed by atoms with van der Waals surface area (Å²) in [5, 5.41) is 14.8. The molecule has 26 heavy (non-hydrogen) atoms. The fraction of sp³-hybridized carbons (Fsp3) is 0.235. The van der Waals surface area contributed by atoms with Gasteiger partial charge in [-0.3, -0.25) is 9.78 Å². The summed E-state index contributed by atoms with van der Waals surface area (Å²) in [6, 6.07) is 8.53. The maximum absolute atomic E-state index is 13.2. The molecule has 0 aliphatic carbocycles. The van der Waals surface area contributed by atoms with Crippen LogP contribution in [-0.4, -0.2) is 40.0 Å². The van der Waals surface area contributed by atoms with Crippen LogP contribution < -0.4 is 4.74 Å². The standard InChI is InChI=1S/C17H14F3N3O3/c1-26-13-4-2-3-11(9-13)15(24)23-16(25,12-5-7-21-8-6-12)10-14(22-23)17(18,19)20/h2-9,25H,10H2,1H3/t16-/m0/s1. The number of rotatable bonds is 3. The first-order valence-electron chi connectivity index (χ1n) is 7.52. The number of aliphatic hydroxyl groups is 1. The molecule has 0 fully saturated rings. The molecule has 1 aliphatic rings. The van der Waals surface area contributed by atoms with Crippen molar-refractivity contribution >= 4 is 11.6 Å². The number of ether oxygens (including phenoxy) is 1. The van der Waals surface area contributed by atoms with E-state index in [0.29, 0.717) is 10.8 Å². The van der Waals surface area contributed by atoms with Crippen molar-refractivity contribution in [3.05, 3.63) is 59.9 Å². The van der Waals surface area contributed by atoms with E-state index in [2.05, 4.69) is 10.1 Å². The lowest BCUT2D eigenvalue weighted by molar-refractivity contribution is -0.0816. The predicted octanol–water partition coefficient (Wildman–Crippen LogP) is 2.70. The van der Waals surface area contributed by atoms with Crippen LogP contribution in [0.25, 0.3) is 0 Å². The summed E-state index contributed by atoms with van der Waals surface area (Å²) in [6.45, 7) is 0. The fourth-order valence-electron chi connectivity index (χ4n) is 2.64. The zero-order valence-electron chi connectivity index (χ0n) is 13.6. The number of carbonyl (C=O) groups excluding carboxylic acids is 1. The van der Waals surface area contributed by atoms with E-state index < -0.39 is 29.9 Å². The Morgan fingerprint density at radius 3 is 2.58 bits per heavy atom. The van der Waals surface area contributed by atoms with Gasteiger partial charge in [0.1, 0.15) is 11.5 Å². The molecule has 1 N–H and O–H groups in total. The monoisotopic (exact) mass is 365 g/mol. The van der Waals surface area contributed by atoms with Gasteiger partial charge >= 0.3 is 6.18 Å². The van der Waals surface area contributed by atoms with E-state index in [1.54, 1.807) is 6.07 Å². The molecule has 9 heteroatoms. The Labute approximate surface area is 146 Å². The molecule has 0 unspecified atom stereocenters. The molecule has 2 heterocycles. The van der Waals surface area contributed by atoms with Crippen molar-refractivity contribution in [2.24, 2.45) is 5.10 Å². The molecule has 3 rings (SSSR count). The van der Waals surface area contributed by atoms with E-state index >= 15 is 0 Å². The molecule has 1 amide bonds. The number of hydrogen-bond donors (Lipinski definition) is 1. The van der Waals surface area contributed by atoms with Crippen LogP contribution >= 0.6 is 0 Å². The van der Waals surface area contributed by atoms with Gasteiger partial charge in [-0.25, -0.2) is 0 Å². The van der Waals surface area contributed by atoms with Crippen molar-refractivity contribution in [3.63, 3.8) is 0 Å². The SMILES string of the molecule is COc1cccc(C(=O)N2N=C(C(F)(F)F)C[C@]2(O)c2ccncc2)c1. The van der Waals surface area contributed by atoms with E-state index in [1.165, 1.54) is 49.8 Å². The van der Waals surface area contributed by atoms with Crippen molar-refractivity contribution < 1.29 is 27.8 Å². The van der Waals surface area contributed by atoms with E-state index in [9.17, 15) is 23.1 Å². The van der Waals surface area contributed by atoms with Gasteiger partial charge in [0, 0.05) is 23.5 Å². The minimum atomic E-state index is -4.77. The minimum absolute atomic E-state index is 0.0315. The second-order valence-electron chi connectivity index (χ2n) is 5.62. The van der Waals surface area contributed by atoms with E-state index in [-0.39, 0.29) is 11.1 Å². The van der Waals surface area contributed by atoms with Gasteiger partial charge in [0.25, 0.3) is 5.91 Å². The van der Waals surface area contributed by atoms with Crippen molar-refractivity contribution in [1.29, 1.82) is 0 Å². The van der Waals surface area contributed by atoms with Crippen molar-refractivity contribution in [3.8, 4) is 5.75 Å². The van der Waals surface area contributed by atoms with Gasteiger partial charge in [0.15, 0.2) is 5.72 Å². The molecule has 0 radical (unpaired) electrons. The van der Waals surface area contributed by atoms with Crippen LogP contribution in [0.5, 0.6) is 5.75 Å². The van der Waals surface area contributed by atoms with Gasteiger partial charge in [-0.1, -0.05) is 6.07 Å². The molecule has 0 saturated heterocycles. The molecule has 0 saturated carbocycles. The average molecular weight is 365 g/mol. The maximum Gasteiger partial charge on any atom is 0.431 e. The Bertz CT molecular complexity index is 855. The third kappa shape index (κ3) is 3.13. The number of aromatic nitrogens is 1. The Morgan fingerprint density at radius 1 is 1.27 bits per heavy atom. The Morgan fingerprint density at radius 2 is 1.96 bits per heavy atom. The first-order valence-corrected chi connectivity index (χ1v) is 7.52. The quantitative estimate of drug-likeness (QED) is 0.908. The highest BCUT2D eigenvalue weighted by Crippen LogP contribution is 2.40. The lowest BCUT2D eigenvalue weighted by Crippen LogP contribution is -2.43. The highest BCUT2D eigenvalue weighted by atomic mass is 19.4. The molecule has 0 spiro atoms. The molecule has 1 aromatic carbocycles. The van der Waals surface area contributed by atoms with Gasteiger partial charge < -0.3 is 9.84 Å². The summed E-state index contributed by atoms with van der Waals surface area (Å²) in [5.41, 5.74) is -3.41. The van der Waals surface area contributed by atoms with Gasteiger partial charge in [0.05, 0.1) is 13.5 Å². The summed E-state index contributed by atoms with van der Waals surface area (Å²) >= 11 is 0. The second kappa shape index (κ2) is 6.41. The third-order valence-corrected chi connectivity index (χ3v) is 3.96. The Kier molecular flexibility index (Phi) is 4.41. The minimum Gasteiger partial charge on any atom is -0.497 e. The smallest absolute Gasteiger partial charge is 0.431 e. The molecule has 6 nitrogen and oxygen atoms in total. The molecule has 1 aromatic heterocycles. The summed E-state index contributed by atoms with van der Waals surface area (Å²) < 4.78 is 44.5. The Balaban J connectivity index is 2.07. The van der Waals surface area contributed by atoms with Crippen LogP contribution in [0.2, 0.25) is 0 Å². The molecule has 2 aromatic rings. The number of hydrogen-bond acceptors (Lipinski definition) is 5. The predicted molar refractivity (Wildman–Crippen MR) is 85.4 cm³/mol. The Hall–Kier alpha value is -2.94. The molecule has 136 valence electrons. The van der Waals surface area contributed by atoms with Crippen LogP contribution in [0.15, 0.2) is 53.9 Å². The van der Waals surface area contributed by atoms with Gasteiger partial charge in [-0.15, -0.1) is 0 Å². The second-order valence-corrected chi connectivity index (χ2v) is 5.62. The van der Waals surface area contributed by atoms with Crippen LogP contribution in [0.3, 0.4) is 0 Å². The highest BCUT2D eigenvalue weighted by Gasteiger charge is 2.53. The largest absolute Gasteiger partial charge is 0.497 e. The number of amides is 1. The zero-order chi connectivity index (χ0) is 18.9. The summed E-state index contributed by atoms with van der Waals surface area (Å²) in [7, 11) is 1.40. The molecular formula is C17H14F3N3O3. The molecular weight excluding hydrogens is 351 g/mol. The van der Waals surface area contributed by atoms with Crippen LogP contribution in [0, 0.1) is 0 Å². The van der Waals surface area contributed by atoms with Gasteiger partial charge in [-0.05, 0) is 30.3 Å². The lowest BCUT2D eigenvalue weighted by Gasteiger charge is -2.31. The van der Waals surface area contributed by atoms with Gasteiger partial charge in [0.2, 0.25) is 0 Å². The fourth-order valence-corrected chi connectivity index (χ4v) is 2.64. The summed E-state index contributed by atoms with van der Waals surface area (Å²) in [6.07, 6.45) is -3.03. The zero-order valence-corrected chi connectivity index (χ0v) is 13.6. The number of alkyl halides is 3. The lowest BCUT2D eigenvalue weighted by atomic mass is 9.97. The van der Waals surface area contributed by atoms with E-state index in [0.717, 1.165) is 0 Å². The van der Waals surface area contributed by atoms with Crippen molar-refractivity contribution in [2.75, 3.05) is 7.11 Å². The van der Waals surface area contributed by atoms with Crippen LogP contribution in [0.1, 0.15) is 22.3 Å². The number of halogens is 3. The number of methoxy groups -OCH3 is 1. The molecule has 1 aliphatic heterocycles. The van der Waals surface area contributed by atoms with E-state index in [1.807, 2.05) is 0 Å². The number of pyridine rings is 1. The number of benzene rings is 1. The van der Waals surface area contributed by atoms with Crippen LogP contribution in [0.4, 0.5) is 13.2 Å². The number of hydrazone groups is 1. The maximum atomic E-state index is 13.2. The summed E-state index contributed by atoms with van der Waals surface area (Å²) in [5.74, 6) is -0.537. The first-order chi connectivity index (χ1) is 12.3. The third-order valence-electron chi connectivity index (χ3n) is 3.96. The molecule has 1 atom stereocenters. The highest BCUT2D eigenvalue weighted by molar-refractivity contribution is 6.00. The number of carbonyl (C=O) groups is 1.